The number of hydrogen-bond acceptors (Lipinski definition) is 5. The Kier molecular flexibility index (Phi) is 4.05. The fraction of sp³-hybridized carbons (Fsp3) is 0.188. The number of nitrogens with zero attached hydrogens (tertiary/aromatic N) is 3. The first-order valence-electron chi connectivity index (χ1n) is 7.18. The summed E-state index contributed by atoms with van der Waals surface area (Å²) in [6.45, 7) is 1.60. The standard InChI is InChI=1S/C16H17N5O2/c1-10-3-2-4-12(7-10)21-15-8-11(5-6-14(15)19-20-21)18-16(23)13(17)9-22/h2-8,13,22H,9,17H2,1H3,(H,18,23). The van der Waals surface area contributed by atoms with Crippen molar-refractivity contribution in [3.05, 3.63) is 48.0 Å². The van der Waals surface area contributed by atoms with Gasteiger partial charge in [-0.15, -0.1) is 5.10 Å². The average Bonchev–Trinajstić information content (AvgIpc) is 2.97. The van der Waals surface area contributed by atoms with Gasteiger partial charge in [0.1, 0.15) is 11.6 Å². The van der Waals surface area contributed by atoms with E-state index in [0.717, 1.165) is 22.3 Å². The maximum absolute atomic E-state index is 11.8. The number of aliphatic hydroxyl groups is 1. The molecule has 0 fully saturated rings. The predicted octanol–water partition coefficient (Wildman–Crippen LogP) is 0.987. The lowest BCUT2D eigenvalue weighted by Gasteiger charge is -2.10. The van der Waals surface area contributed by atoms with E-state index in [4.69, 9.17) is 10.8 Å². The molecule has 3 rings (SSSR count). The van der Waals surface area contributed by atoms with Gasteiger partial charge in [-0.05, 0) is 42.8 Å². The van der Waals surface area contributed by atoms with Crippen LogP contribution in [0.1, 0.15) is 5.56 Å². The molecular formula is C16H17N5O2. The van der Waals surface area contributed by atoms with Gasteiger partial charge in [-0.25, -0.2) is 4.68 Å². The van der Waals surface area contributed by atoms with E-state index in [0.29, 0.717) is 5.69 Å². The molecule has 2 aromatic carbocycles. The largest absolute Gasteiger partial charge is 0.394 e. The molecule has 3 aromatic rings. The molecule has 0 radical (unpaired) electrons. The van der Waals surface area contributed by atoms with Crippen LogP contribution in [0, 0.1) is 6.92 Å². The first-order chi connectivity index (χ1) is 11.1. The number of fused-ring (bicyclic) bond motifs is 1. The van der Waals surface area contributed by atoms with Crippen molar-refractivity contribution >= 4 is 22.6 Å². The van der Waals surface area contributed by atoms with Crippen LogP contribution >= 0.6 is 0 Å². The molecule has 1 atom stereocenters. The fourth-order valence-electron chi connectivity index (χ4n) is 2.26. The van der Waals surface area contributed by atoms with Crippen LogP contribution in [0.15, 0.2) is 42.5 Å². The van der Waals surface area contributed by atoms with E-state index in [-0.39, 0.29) is 0 Å². The van der Waals surface area contributed by atoms with Gasteiger partial charge in [0, 0.05) is 5.69 Å². The number of hydrogen-bond donors (Lipinski definition) is 3. The van der Waals surface area contributed by atoms with Gasteiger partial charge in [0.05, 0.1) is 17.8 Å². The highest BCUT2D eigenvalue weighted by molar-refractivity contribution is 5.96. The minimum absolute atomic E-state index is 0.406. The van der Waals surface area contributed by atoms with Crippen LogP contribution in [-0.2, 0) is 4.79 Å². The number of nitrogens with one attached hydrogen (secondary N) is 1. The molecule has 4 N–H and O–H groups in total. The zero-order valence-corrected chi connectivity index (χ0v) is 12.6. The lowest BCUT2D eigenvalue weighted by Crippen LogP contribution is -2.38. The molecule has 7 nitrogen and oxygen atoms in total. The Bertz CT molecular complexity index is 859. The molecule has 1 aromatic heterocycles. The van der Waals surface area contributed by atoms with Crippen LogP contribution in [0.5, 0.6) is 0 Å². The summed E-state index contributed by atoms with van der Waals surface area (Å²) in [4.78, 5) is 11.8. The van der Waals surface area contributed by atoms with E-state index >= 15 is 0 Å². The minimum Gasteiger partial charge on any atom is -0.394 e. The van der Waals surface area contributed by atoms with Crippen molar-refractivity contribution in [2.75, 3.05) is 11.9 Å². The van der Waals surface area contributed by atoms with Crippen molar-refractivity contribution in [2.45, 2.75) is 13.0 Å². The van der Waals surface area contributed by atoms with Gasteiger partial charge in [-0.3, -0.25) is 4.79 Å². The number of nitrogens with two attached hydrogens (primary N) is 1. The number of aromatic nitrogens is 3. The number of aryl methyl sites for hydroxylation is 1. The van der Waals surface area contributed by atoms with Gasteiger partial charge in [0.2, 0.25) is 5.91 Å². The van der Waals surface area contributed by atoms with Crippen LogP contribution in [0.4, 0.5) is 5.69 Å². The number of anilines is 1. The summed E-state index contributed by atoms with van der Waals surface area (Å²) in [5.74, 6) is -0.443. The number of carbonyl (C=O) groups excluding carboxylic acids is 1. The third-order valence-electron chi connectivity index (χ3n) is 3.49. The van der Waals surface area contributed by atoms with E-state index in [2.05, 4.69) is 15.6 Å². The van der Waals surface area contributed by atoms with Crippen LogP contribution in [0.3, 0.4) is 0 Å². The normalized spacial score (nSPS) is 12.3. The van der Waals surface area contributed by atoms with E-state index < -0.39 is 18.6 Å². The smallest absolute Gasteiger partial charge is 0.243 e. The second-order valence-electron chi connectivity index (χ2n) is 5.32. The Labute approximate surface area is 132 Å². The Morgan fingerprint density at radius 2 is 2.17 bits per heavy atom. The Morgan fingerprint density at radius 1 is 1.35 bits per heavy atom. The summed E-state index contributed by atoms with van der Waals surface area (Å²) in [6.07, 6.45) is 0. The van der Waals surface area contributed by atoms with Crippen LogP contribution in [0.25, 0.3) is 16.7 Å². The average molecular weight is 311 g/mol. The monoisotopic (exact) mass is 311 g/mol. The predicted molar refractivity (Wildman–Crippen MR) is 87.3 cm³/mol. The van der Waals surface area contributed by atoms with Gasteiger partial charge in [0.25, 0.3) is 0 Å². The summed E-state index contributed by atoms with van der Waals surface area (Å²) < 4.78 is 1.71. The summed E-state index contributed by atoms with van der Waals surface area (Å²) in [5, 5.41) is 19.9. The molecule has 0 aliphatic carbocycles. The second kappa shape index (κ2) is 6.15. The van der Waals surface area contributed by atoms with Gasteiger partial charge in [-0.2, -0.15) is 0 Å². The van der Waals surface area contributed by atoms with E-state index in [1.165, 1.54) is 0 Å². The number of carbonyl (C=O) groups is 1. The van der Waals surface area contributed by atoms with Gasteiger partial charge >= 0.3 is 0 Å². The van der Waals surface area contributed by atoms with Crippen LogP contribution in [0.2, 0.25) is 0 Å². The minimum atomic E-state index is -0.953. The second-order valence-corrected chi connectivity index (χ2v) is 5.32. The van der Waals surface area contributed by atoms with Crippen LogP contribution in [-0.4, -0.2) is 38.7 Å². The maximum Gasteiger partial charge on any atom is 0.243 e. The quantitative estimate of drug-likeness (QED) is 0.666. The van der Waals surface area contributed by atoms with Crippen molar-refractivity contribution in [1.29, 1.82) is 0 Å². The molecule has 23 heavy (non-hydrogen) atoms. The van der Waals surface area contributed by atoms with Gasteiger partial charge < -0.3 is 16.2 Å². The molecule has 0 bridgehead atoms. The first-order valence-corrected chi connectivity index (χ1v) is 7.18. The maximum atomic E-state index is 11.8. The number of aliphatic hydroxyl groups excluding tert-OH is 1. The van der Waals surface area contributed by atoms with Gasteiger partial charge in [-0.1, -0.05) is 17.3 Å². The zero-order chi connectivity index (χ0) is 16.4. The molecule has 0 saturated carbocycles. The van der Waals surface area contributed by atoms with Crippen molar-refractivity contribution in [1.82, 2.24) is 15.0 Å². The molecule has 1 unspecified atom stereocenters. The fourth-order valence-corrected chi connectivity index (χ4v) is 2.26. The van der Waals surface area contributed by atoms with Crippen molar-refractivity contribution in [2.24, 2.45) is 5.73 Å². The lowest BCUT2D eigenvalue weighted by molar-refractivity contribution is -0.118. The lowest BCUT2D eigenvalue weighted by atomic mass is 10.2. The molecule has 1 heterocycles. The molecule has 0 saturated heterocycles. The summed E-state index contributed by atoms with van der Waals surface area (Å²) in [6, 6.07) is 12.2. The van der Waals surface area contributed by atoms with Crippen molar-refractivity contribution in [3.8, 4) is 5.69 Å². The molecular weight excluding hydrogens is 294 g/mol. The highest BCUT2D eigenvalue weighted by Gasteiger charge is 2.13. The molecule has 0 spiro atoms. The number of rotatable bonds is 4. The van der Waals surface area contributed by atoms with Crippen LogP contribution < -0.4 is 11.1 Å². The highest BCUT2D eigenvalue weighted by atomic mass is 16.3. The molecule has 7 heteroatoms. The molecule has 1 amide bonds. The van der Waals surface area contributed by atoms with Gasteiger partial charge in [0.15, 0.2) is 0 Å². The van der Waals surface area contributed by atoms with Crippen molar-refractivity contribution in [3.63, 3.8) is 0 Å². The summed E-state index contributed by atoms with van der Waals surface area (Å²) in [5.41, 5.74) is 9.57. The number of amides is 1. The Balaban J connectivity index is 1.99. The topological polar surface area (TPSA) is 106 Å². The molecule has 118 valence electrons. The summed E-state index contributed by atoms with van der Waals surface area (Å²) in [7, 11) is 0. The molecule has 0 aliphatic rings. The zero-order valence-electron chi connectivity index (χ0n) is 12.6. The Hall–Kier alpha value is -2.77. The Morgan fingerprint density at radius 3 is 2.91 bits per heavy atom. The molecule has 0 aliphatic heterocycles. The SMILES string of the molecule is Cc1cccc(-n2nnc3ccc(NC(=O)C(N)CO)cc32)c1. The number of benzene rings is 2. The first kappa shape index (κ1) is 15.1. The van der Waals surface area contributed by atoms with E-state index in [1.807, 2.05) is 31.2 Å². The van der Waals surface area contributed by atoms with E-state index in [9.17, 15) is 4.79 Å². The third-order valence-corrected chi connectivity index (χ3v) is 3.49. The highest BCUT2D eigenvalue weighted by Crippen LogP contribution is 2.21. The third kappa shape index (κ3) is 3.05. The van der Waals surface area contributed by atoms with Crippen molar-refractivity contribution < 1.29 is 9.90 Å². The van der Waals surface area contributed by atoms with E-state index in [1.54, 1.807) is 22.9 Å². The summed E-state index contributed by atoms with van der Waals surface area (Å²) >= 11 is 0.